The van der Waals surface area contributed by atoms with Crippen LogP contribution in [0.15, 0.2) is 41.3 Å². The molecular weight excluding hydrogens is 368 g/mol. The van der Waals surface area contributed by atoms with Gasteiger partial charge in [0.25, 0.3) is 11.5 Å². The van der Waals surface area contributed by atoms with E-state index in [0.29, 0.717) is 44.2 Å². The van der Waals surface area contributed by atoms with Gasteiger partial charge in [0.15, 0.2) is 0 Å². The van der Waals surface area contributed by atoms with Gasteiger partial charge in [-0.15, -0.1) is 0 Å². The molecule has 1 unspecified atom stereocenters. The molecular formula is C19H21ClN4O3. The van der Waals surface area contributed by atoms with Gasteiger partial charge in [-0.25, -0.2) is 0 Å². The molecule has 3 heterocycles. The molecule has 1 aromatic heterocycles. The molecule has 1 aromatic carbocycles. The summed E-state index contributed by atoms with van der Waals surface area (Å²) in [7, 11) is 0. The average molecular weight is 389 g/mol. The normalized spacial score (nSPS) is 20.1. The summed E-state index contributed by atoms with van der Waals surface area (Å²) < 4.78 is 6.78. The summed E-state index contributed by atoms with van der Waals surface area (Å²) in [5.74, 6) is 0.0656. The molecule has 2 saturated heterocycles. The van der Waals surface area contributed by atoms with E-state index in [1.165, 1.54) is 4.68 Å². The lowest BCUT2D eigenvalue weighted by molar-refractivity contribution is -0.141. The largest absolute Gasteiger partial charge is 0.368 e. The number of amides is 1. The van der Waals surface area contributed by atoms with Crippen LogP contribution >= 0.6 is 11.6 Å². The van der Waals surface area contributed by atoms with Crippen LogP contribution in [0.2, 0.25) is 5.02 Å². The van der Waals surface area contributed by atoms with Crippen molar-refractivity contribution in [1.29, 1.82) is 0 Å². The fraction of sp³-hybridized carbons (Fsp3) is 0.421. The maximum atomic E-state index is 12.6. The number of nitrogens with zero attached hydrogens (tertiary/aromatic N) is 4. The van der Waals surface area contributed by atoms with Gasteiger partial charge in [-0.1, -0.05) is 29.8 Å². The molecule has 1 atom stereocenters. The van der Waals surface area contributed by atoms with Gasteiger partial charge in [0.05, 0.1) is 17.6 Å². The highest BCUT2D eigenvalue weighted by molar-refractivity contribution is 6.33. The van der Waals surface area contributed by atoms with Crippen molar-refractivity contribution in [3.05, 3.63) is 51.9 Å². The summed E-state index contributed by atoms with van der Waals surface area (Å²) in [6.45, 7) is 3.03. The van der Waals surface area contributed by atoms with Crippen LogP contribution in [0.5, 0.6) is 0 Å². The molecule has 0 radical (unpaired) electrons. The molecule has 27 heavy (non-hydrogen) atoms. The third-order valence-electron chi connectivity index (χ3n) is 5.04. The Morgan fingerprint density at radius 3 is 2.56 bits per heavy atom. The minimum Gasteiger partial charge on any atom is -0.368 e. The van der Waals surface area contributed by atoms with E-state index in [2.05, 4.69) is 5.10 Å². The van der Waals surface area contributed by atoms with Gasteiger partial charge >= 0.3 is 0 Å². The minimum atomic E-state index is -0.349. The summed E-state index contributed by atoms with van der Waals surface area (Å²) >= 11 is 6.37. The number of benzene rings is 1. The Morgan fingerprint density at radius 2 is 1.89 bits per heavy atom. The lowest BCUT2D eigenvalue weighted by Crippen LogP contribution is -2.51. The highest BCUT2D eigenvalue weighted by Crippen LogP contribution is 2.24. The predicted octanol–water partition coefficient (Wildman–Crippen LogP) is 1.71. The highest BCUT2D eigenvalue weighted by atomic mass is 35.5. The molecule has 1 amide bonds. The number of para-hydroxylation sites is 1. The molecule has 0 N–H and O–H groups in total. The molecule has 142 valence electrons. The number of hydrogen-bond donors (Lipinski definition) is 0. The molecule has 0 aliphatic carbocycles. The van der Waals surface area contributed by atoms with Gasteiger partial charge in [0.1, 0.15) is 11.1 Å². The number of hydrogen-bond acceptors (Lipinski definition) is 5. The fourth-order valence-electron chi connectivity index (χ4n) is 3.54. The fourth-order valence-corrected chi connectivity index (χ4v) is 3.79. The van der Waals surface area contributed by atoms with Crippen molar-refractivity contribution >= 4 is 23.2 Å². The third-order valence-corrected chi connectivity index (χ3v) is 5.39. The van der Waals surface area contributed by atoms with E-state index < -0.39 is 0 Å². The maximum absolute atomic E-state index is 12.6. The van der Waals surface area contributed by atoms with Gasteiger partial charge in [-0.05, 0) is 25.0 Å². The molecule has 8 heteroatoms. The zero-order valence-electron chi connectivity index (χ0n) is 14.9. The topological polar surface area (TPSA) is 67.7 Å². The van der Waals surface area contributed by atoms with Crippen LogP contribution in [0.1, 0.15) is 12.8 Å². The number of carbonyl (C=O) groups is 1. The van der Waals surface area contributed by atoms with E-state index in [-0.39, 0.29) is 22.6 Å². The van der Waals surface area contributed by atoms with E-state index >= 15 is 0 Å². The van der Waals surface area contributed by atoms with Crippen molar-refractivity contribution in [2.75, 3.05) is 37.7 Å². The van der Waals surface area contributed by atoms with Crippen molar-refractivity contribution in [3.63, 3.8) is 0 Å². The second-order valence-electron chi connectivity index (χ2n) is 6.71. The van der Waals surface area contributed by atoms with Crippen LogP contribution in [0.3, 0.4) is 0 Å². The Balaban J connectivity index is 1.48. The quantitative estimate of drug-likeness (QED) is 0.800. The zero-order valence-corrected chi connectivity index (χ0v) is 15.6. The molecule has 4 rings (SSSR count). The lowest BCUT2D eigenvalue weighted by atomic mass is 10.2. The Kier molecular flexibility index (Phi) is 5.13. The molecule has 7 nitrogen and oxygen atoms in total. The molecule has 2 fully saturated rings. The number of piperazine rings is 1. The Bertz CT molecular complexity index is 872. The van der Waals surface area contributed by atoms with Crippen molar-refractivity contribution in [2.24, 2.45) is 0 Å². The van der Waals surface area contributed by atoms with Gasteiger partial charge in [0.2, 0.25) is 0 Å². The van der Waals surface area contributed by atoms with Crippen molar-refractivity contribution in [2.45, 2.75) is 18.9 Å². The predicted molar refractivity (Wildman–Crippen MR) is 103 cm³/mol. The van der Waals surface area contributed by atoms with Crippen molar-refractivity contribution in [3.8, 4) is 5.69 Å². The van der Waals surface area contributed by atoms with E-state index in [4.69, 9.17) is 16.3 Å². The second-order valence-corrected chi connectivity index (χ2v) is 7.09. The van der Waals surface area contributed by atoms with Crippen LogP contribution < -0.4 is 10.5 Å². The van der Waals surface area contributed by atoms with E-state index in [0.717, 1.165) is 12.8 Å². The SMILES string of the molecule is O=C(C1CCCO1)N1CCN(c2cnn(-c3ccccc3)c(=O)c2Cl)CC1. The van der Waals surface area contributed by atoms with Crippen LogP contribution in [0, 0.1) is 0 Å². The summed E-state index contributed by atoms with van der Waals surface area (Å²) in [6, 6.07) is 9.17. The molecule has 0 saturated carbocycles. The zero-order chi connectivity index (χ0) is 18.8. The number of aromatic nitrogens is 2. The first-order valence-electron chi connectivity index (χ1n) is 9.14. The first-order valence-corrected chi connectivity index (χ1v) is 9.51. The molecule has 2 aliphatic heterocycles. The number of halogens is 1. The van der Waals surface area contributed by atoms with E-state index in [1.54, 1.807) is 18.3 Å². The molecule has 0 spiro atoms. The first-order chi connectivity index (χ1) is 13.1. The summed E-state index contributed by atoms with van der Waals surface area (Å²) in [5, 5.41) is 4.43. The second kappa shape index (κ2) is 7.70. The van der Waals surface area contributed by atoms with Crippen LogP contribution in [0.4, 0.5) is 5.69 Å². The highest BCUT2D eigenvalue weighted by Gasteiger charge is 2.31. The molecule has 2 aromatic rings. The Labute approximate surface area is 162 Å². The smallest absolute Gasteiger partial charge is 0.292 e. The number of carbonyl (C=O) groups excluding carboxylic acids is 1. The van der Waals surface area contributed by atoms with E-state index in [1.807, 2.05) is 28.0 Å². The first kappa shape index (κ1) is 18.0. The number of rotatable bonds is 3. The molecule has 0 bridgehead atoms. The minimum absolute atomic E-state index is 0.0656. The number of anilines is 1. The average Bonchev–Trinajstić information content (AvgIpc) is 3.25. The summed E-state index contributed by atoms with van der Waals surface area (Å²) in [5.41, 5.74) is 0.930. The molecule has 2 aliphatic rings. The summed E-state index contributed by atoms with van der Waals surface area (Å²) in [6.07, 6.45) is 3.06. The Hall–Kier alpha value is -2.38. The summed E-state index contributed by atoms with van der Waals surface area (Å²) in [4.78, 5) is 28.9. The van der Waals surface area contributed by atoms with E-state index in [9.17, 15) is 9.59 Å². The Morgan fingerprint density at radius 1 is 1.15 bits per heavy atom. The van der Waals surface area contributed by atoms with Gasteiger partial charge in [-0.2, -0.15) is 9.78 Å². The lowest BCUT2D eigenvalue weighted by Gasteiger charge is -2.37. The van der Waals surface area contributed by atoms with Crippen LogP contribution in [0.25, 0.3) is 5.69 Å². The van der Waals surface area contributed by atoms with Crippen LogP contribution in [-0.4, -0.2) is 59.5 Å². The van der Waals surface area contributed by atoms with Gasteiger partial charge in [0, 0.05) is 32.8 Å². The van der Waals surface area contributed by atoms with Crippen molar-refractivity contribution < 1.29 is 9.53 Å². The van der Waals surface area contributed by atoms with Crippen LogP contribution in [-0.2, 0) is 9.53 Å². The van der Waals surface area contributed by atoms with Crippen molar-refractivity contribution in [1.82, 2.24) is 14.7 Å². The maximum Gasteiger partial charge on any atom is 0.292 e. The number of ether oxygens (including phenoxy) is 1. The van der Waals surface area contributed by atoms with Gasteiger partial charge in [-0.3, -0.25) is 9.59 Å². The third kappa shape index (κ3) is 3.57. The standard InChI is InChI=1S/C19H21ClN4O3/c20-17-15(13-21-24(19(17)26)14-5-2-1-3-6-14)22-8-10-23(11-9-22)18(25)16-7-4-12-27-16/h1-3,5-6,13,16H,4,7-12H2. The monoisotopic (exact) mass is 388 g/mol. The van der Waals surface area contributed by atoms with Gasteiger partial charge < -0.3 is 14.5 Å².